The predicted octanol–water partition coefficient (Wildman–Crippen LogP) is 3.04. The molecule has 0 unspecified atom stereocenters. The Hall–Kier alpha value is -2.67. The number of carbonyl (C=O) groups excluding carboxylic acids is 1. The minimum Gasteiger partial charge on any atom is -0.451 e. The van der Waals surface area contributed by atoms with Crippen LogP contribution in [0, 0.1) is 6.92 Å². The molecule has 1 aromatic carbocycles. The summed E-state index contributed by atoms with van der Waals surface area (Å²) in [7, 11) is -3.45. The summed E-state index contributed by atoms with van der Waals surface area (Å²) in [5.74, 6) is 0.0190. The number of benzene rings is 1. The highest BCUT2D eigenvalue weighted by molar-refractivity contribution is 7.91. The molecular formula is C20H20N2O4S. The molecule has 0 spiro atoms. The molecule has 1 aliphatic carbocycles. The van der Waals surface area contributed by atoms with Gasteiger partial charge < -0.3 is 9.73 Å². The molecule has 1 saturated carbocycles. The first-order valence-electron chi connectivity index (χ1n) is 8.90. The quantitative estimate of drug-likeness (QED) is 0.706. The Morgan fingerprint density at radius 2 is 1.96 bits per heavy atom. The molecule has 1 aliphatic rings. The summed E-state index contributed by atoms with van der Waals surface area (Å²) in [6, 6.07) is 8.61. The van der Waals surface area contributed by atoms with Gasteiger partial charge in [0.2, 0.25) is 0 Å². The third kappa shape index (κ3) is 3.73. The first kappa shape index (κ1) is 17.7. The van der Waals surface area contributed by atoms with Gasteiger partial charge in [0.05, 0.1) is 10.6 Å². The van der Waals surface area contributed by atoms with E-state index >= 15 is 0 Å². The van der Waals surface area contributed by atoms with Crippen molar-refractivity contribution in [2.75, 3.05) is 5.75 Å². The number of fused-ring (bicyclic) bond motifs is 1. The van der Waals surface area contributed by atoms with Gasteiger partial charge in [0.25, 0.3) is 5.91 Å². The highest BCUT2D eigenvalue weighted by Gasteiger charge is 2.27. The second-order valence-corrected chi connectivity index (χ2v) is 9.00. The van der Waals surface area contributed by atoms with Crippen molar-refractivity contribution in [2.45, 2.75) is 37.1 Å². The van der Waals surface area contributed by atoms with Crippen molar-refractivity contribution in [3.05, 3.63) is 59.6 Å². The van der Waals surface area contributed by atoms with E-state index in [1.807, 2.05) is 12.1 Å². The molecule has 3 aromatic rings. The normalized spacial score (nSPS) is 14.4. The third-order valence-corrected chi connectivity index (χ3v) is 6.51. The lowest BCUT2D eigenvalue weighted by molar-refractivity contribution is 0.0924. The van der Waals surface area contributed by atoms with Crippen molar-refractivity contribution in [1.82, 2.24) is 10.3 Å². The predicted molar refractivity (Wildman–Crippen MR) is 101 cm³/mol. The Bertz CT molecular complexity index is 1100. The Morgan fingerprint density at radius 3 is 2.67 bits per heavy atom. The molecule has 27 heavy (non-hydrogen) atoms. The molecule has 0 atom stereocenters. The summed E-state index contributed by atoms with van der Waals surface area (Å²) in [6.07, 6.45) is 5.70. The molecule has 0 saturated heterocycles. The largest absolute Gasteiger partial charge is 0.451 e. The Morgan fingerprint density at radius 1 is 1.22 bits per heavy atom. The summed E-state index contributed by atoms with van der Waals surface area (Å²) in [4.78, 5) is 16.5. The van der Waals surface area contributed by atoms with Crippen LogP contribution >= 0.6 is 0 Å². The van der Waals surface area contributed by atoms with Crippen LogP contribution in [0.2, 0.25) is 0 Å². The van der Waals surface area contributed by atoms with Crippen molar-refractivity contribution in [2.24, 2.45) is 0 Å². The topological polar surface area (TPSA) is 89.3 Å². The number of nitrogens with one attached hydrogen (secondary N) is 1. The number of hydrogen-bond donors (Lipinski definition) is 1. The maximum Gasteiger partial charge on any atom is 0.287 e. The van der Waals surface area contributed by atoms with Crippen LogP contribution in [0.4, 0.5) is 0 Å². The lowest BCUT2D eigenvalue weighted by atomic mass is 10.1. The van der Waals surface area contributed by atoms with Gasteiger partial charge in [-0.25, -0.2) is 8.42 Å². The number of aryl methyl sites for hydroxylation is 2. The fourth-order valence-electron chi connectivity index (χ4n) is 3.01. The molecule has 0 radical (unpaired) electrons. The minimum absolute atomic E-state index is 0.00838. The second kappa shape index (κ2) is 6.81. The summed E-state index contributed by atoms with van der Waals surface area (Å²) < 4.78 is 31.1. The lowest BCUT2D eigenvalue weighted by Gasteiger charge is -2.05. The SMILES string of the molecule is Cc1c(C(=O)NC2CC2)oc2ccc(S(=O)(=O)CCc3ccncc3)cc12. The van der Waals surface area contributed by atoms with E-state index < -0.39 is 9.84 Å². The van der Waals surface area contributed by atoms with Crippen molar-refractivity contribution in [1.29, 1.82) is 0 Å². The Balaban J connectivity index is 1.60. The molecule has 2 aromatic heterocycles. The number of carbonyl (C=O) groups is 1. The van der Waals surface area contributed by atoms with Crippen molar-refractivity contribution in [3.8, 4) is 0 Å². The van der Waals surface area contributed by atoms with Crippen molar-refractivity contribution >= 4 is 26.7 Å². The number of nitrogens with zero attached hydrogens (tertiary/aromatic N) is 1. The van der Waals surface area contributed by atoms with E-state index in [9.17, 15) is 13.2 Å². The number of rotatable bonds is 6. The molecule has 6 nitrogen and oxygen atoms in total. The highest BCUT2D eigenvalue weighted by atomic mass is 32.2. The first-order chi connectivity index (χ1) is 12.9. The molecule has 0 aliphatic heterocycles. The summed E-state index contributed by atoms with van der Waals surface area (Å²) >= 11 is 0. The van der Waals surface area contributed by atoms with Gasteiger partial charge in [-0.15, -0.1) is 0 Å². The van der Waals surface area contributed by atoms with Crippen LogP contribution in [0.1, 0.15) is 34.5 Å². The number of pyridine rings is 1. The fraction of sp³-hybridized carbons (Fsp3) is 0.300. The molecular weight excluding hydrogens is 364 g/mol. The molecule has 140 valence electrons. The molecule has 7 heteroatoms. The van der Waals surface area contributed by atoms with E-state index in [1.165, 1.54) is 6.07 Å². The molecule has 0 bridgehead atoms. The fourth-order valence-corrected chi connectivity index (χ4v) is 4.32. The van der Waals surface area contributed by atoms with E-state index in [1.54, 1.807) is 31.5 Å². The van der Waals surface area contributed by atoms with Crippen LogP contribution in [-0.4, -0.2) is 31.1 Å². The van der Waals surface area contributed by atoms with Gasteiger partial charge in [-0.05, 0) is 62.1 Å². The van der Waals surface area contributed by atoms with Gasteiger partial charge in [0.15, 0.2) is 15.6 Å². The van der Waals surface area contributed by atoms with Crippen LogP contribution in [0.25, 0.3) is 11.0 Å². The highest BCUT2D eigenvalue weighted by Crippen LogP contribution is 2.29. The Labute approximate surface area is 157 Å². The maximum absolute atomic E-state index is 12.7. The standard InChI is InChI=1S/C20H20N2O4S/c1-13-17-12-16(27(24,25)11-8-14-6-9-21-10-7-14)4-5-18(17)26-19(13)20(23)22-15-2-3-15/h4-7,9-10,12,15H,2-3,8,11H2,1H3,(H,22,23). The average molecular weight is 384 g/mol. The molecule has 2 heterocycles. The summed E-state index contributed by atoms with van der Waals surface area (Å²) in [6.45, 7) is 1.78. The Kier molecular flexibility index (Phi) is 4.47. The van der Waals surface area contributed by atoms with E-state index in [0.29, 0.717) is 23.0 Å². The smallest absolute Gasteiger partial charge is 0.287 e. The van der Waals surface area contributed by atoms with Gasteiger partial charge in [0.1, 0.15) is 5.58 Å². The third-order valence-electron chi connectivity index (χ3n) is 4.79. The van der Waals surface area contributed by atoms with Crippen molar-refractivity contribution < 1.29 is 17.6 Å². The number of hydrogen-bond acceptors (Lipinski definition) is 5. The van der Waals surface area contributed by atoms with Crippen LogP contribution in [-0.2, 0) is 16.3 Å². The van der Waals surface area contributed by atoms with Crippen molar-refractivity contribution in [3.63, 3.8) is 0 Å². The van der Waals surface area contributed by atoms with Gasteiger partial charge >= 0.3 is 0 Å². The molecule has 1 N–H and O–H groups in total. The zero-order chi connectivity index (χ0) is 19.0. The summed E-state index contributed by atoms with van der Waals surface area (Å²) in [5, 5.41) is 3.55. The van der Waals surface area contributed by atoms with Gasteiger partial charge in [-0.1, -0.05) is 0 Å². The van der Waals surface area contributed by atoms with E-state index in [2.05, 4.69) is 10.3 Å². The first-order valence-corrected chi connectivity index (χ1v) is 10.5. The van der Waals surface area contributed by atoms with Gasteiger partial charge in [-0.2, -0.15) is 0 Å². The molecule has 1 fully saturated rings. The van der Waals surface area contributed by atoms with Crippen LogP contribution in [0.3, 0.4) is 0 Å². The molecule has 1 amide bonds. The monoisotopic (exact) mass is 384 g/mol. The van der Waals surface area contributed by atoms with Gasteiger partial charge in [0, 0.05) is 29.4 Å². The minimum atomic E-state index is -3.45. The zero-order valence-corrected chi connectivity index (χ0v) is 15.8. The van der Waals surface area contributed by atoms with Crippen LogP contribution < -0.4 is 5.32 Å². The number of sulfone groups is 1. The maximum atomic E-state index is 12.7. The van der Waals surface area contributed by atoms with Crippen LogP contribution in [0.15, 0.2) is 52.0 Å². The average Bonchev–Trinajstić information content (AvgIpc) is 3.42. The van der Waals surface area contributed by atoms with Gasteiger partial charge in [-0.3, -0.25) is 9.78 Å². The van der Waals surface area contributed by atoms with Crippen LogP contribution in [0.5, 0.6) is 0 Å². The summed E-state index contributed by atoms with van der Waals surface area (Å²) in [5.41, 5.74) is 2.10. The lowest BCUT2D eigenvalue weighted by Crippen LogP contribution is -2.25. The van der Waals surface area contributed by atoms with E-state index in [-0.39, 0.29) is 28.4 Å². The zero-order valence-electron chi connectivity index (χ0n) is 14.9. The number of aromatic nitrogens is 1. The van der Waals surface area contributed by atoms with E-state index in [4.69, 9.17) is 4.42 Å². The number of furan rings is 1. The molecule has 4 rings (SSSR count). The number of amides is 1. The second-order valence-electron chi connectivity index (χ2n) is 6.89. The van der Waals surface area contributed by atoms with E-state index in [0.717, 1.165) is 18.4 Å².